The number of carbonyl (C=O) groups excluding carboxylic acids is 2. The maximum absolute atomic E-state index is 11.2. The summed E-state index contributed by atoms with van der Waals surface area (Å²) in [6, 6.07) is 0. The Morgan fingerprint density at radius 2 is 1.86 bits per heavy atom. The number of carbonyl (C=O) groups is 3. The summed E-state index contributed by atoms with van der Waals surface area (Å²) in [6.07, 6.45) is -0.441. The summed E-state index contributed by atoms with van der Waals surface area (Å²) in [5.41, 5.74) is 0. The minimum absolute atomic E-state index is 0.0782. The van der Waals surface area contributed by atoms with Crippen molar-refractivity contribution in [3.05, 3.63) is 0 Å². The molecule has 0 saturated carbocycles. The Morgan fingerprint density at radius 1 is 1.29 bits per heavy atom. The number of ketones is 1. The molecule has 0 bridgehead atoms. The number of ether oxygens (including phenoxy) is 1. The Bertz CT molecular complexity index is 217. The van der Waals surface area contributed by atoms with E-state index in [1.54, 1.807) is 6.92 Å². The lowest BCUT2D eigenvalue weighted by molar-refractivity contribution is -0.153. The second kappa shape index (κ2) is 6.12. The average Bonchev–Trinajstić information content (AvgIpc) is 2.01. The highest BCUT2D eigenvalue weighted by Gasteiger charge is 2.24. The number of carboxylic acids is 1. The molecule has 0 aromatic carbocycles. The van der Waals surface area contributed by atoms with Crippen molar-refractivity contribution in [2.24, 2.45) is 5.92 Å². The molecule has 0 rings (SSSR count). The van der Waals surface area contributed by atoms with E-state index in [0.29, 0.717) is 0 Å². The van der Waals surface area contributed by atoms with Gasteiger partial charge in [0.25, 0.3) is 0 Å². The Kier molecular flexibility index (Phi) is 5.52. The highest BCUT2D eigenvalue weighted by Crippen LogP contribution is 2.11. The van der Waals surface area contributed by atoms with E-state index in [1.807, 2.05) is 0 Å². The van der Waals surface area contributed by atoms with E-state index in [1.165, 1.54) is 6.92 Å². The minimum Gasteiger partial charge on any atom is -0.481 e. The van der Waals surface area contributed by atoms with E-state index >= 15 is 0 Å². The maximum Gasteiger partial charge on any atom is 0.309 e. The van der Waals surface area contributed by atoms with Crippen molar-refractivity contribution < 1.29 is 24.2 Å². The quantitative estimate of drug-likeness (QED) is 0.638. The van der Waals surface area contributed by atoms with E-state index in [-0.39, 0.29) is 25.2 Å². The summed E-state index contributed by atoms with van der Waals surface area (Å²) in [5, 5.41) is 8.49. The van der Waals surface area contributed by atoms with Crippen LogP contribution < -0.4 is 0 Å². The summed E-state index contributed by atoms with van der Waals surface area (Å²) in [4.78, 5) is 32.3. The monoisotopic (exact) mass is 202 g/mol. The fourth-order valence-electron chi connectivity index (χ4n) is 1.06. The van der Waals surface area contributed by atoms with Crippen LogP contribution in [0.2, 0.25) is 0 Å². The highest BCUT2D eigenvalue weighted by molar-refractivity contribution is 5.85. The average molecular weight is 202 g/mol. The Hall–Kier alpha value is -1.39. The van der Waals surface area contributed by atoms with Crippen molar-refractivity contribution >= 4 is 17.7 Å². The molecule has 0 unspecified atom stereocenters. The molecule has 1 N–H and O–H groups in total. The van der Waals surface area contributed by atoms with E-state index in [4.69, 9.17) is 5.11 Å². The number of esters is 1. The van der Waals surface area contributed by atoms with Crippen LogP contribution in [0.25, 0.3) is 0 Å². The van der Waals surface area contributed by atoms with Gasteiger partial charge in [0, 0.05) is 6.42 Å². The number of carboxylic acid groups (broad SMARTS) is 1. The second-order valence-electron chi connectivity index (χ2n) is 2.95. The standard InChI is InChI=1S/C9H14O5/c1-3-14-9(13)7(4-6(2)10)5-8(11)12/h7H,3-5H2,1-2H3,(H,11,12)/t7-/m1/s1. The van der Waals surface area contributed by atoms with Gasteiger partial charge in [0.1, 0.15) is 5.78 Å². The zero-order chi connectivity index (χ0) is 11.1. The van der Waals surface area contributed by atoms with Crippen molar-refractivity contribution in [3.63, 3.8) is 0 Å². The maximum atomic E-state index is 11.2. The predicted molar refractivity (Wildman–Crippen MR) is 47.7 cm³/mol. The number of hydrogen-bond donors (Lipinski definition) is 1. The minimum atomic E-state index is -1.11. The smallest absolute Gasteiger partial charge is 0.309 e. The van der Waals surface area contributed by atoms with Gasteiger partial charge in [-0.3, -0.25) is 9.59 Å². The second-order valence-corrected chi connectivity index (χ2v) is 2.95. The molecule has 1 atom stereocenters. The van der Waals surface area contributed by atoms with Crippen molar-refractivity contribution in [1.82, 2.24) is 0 Å². The number of rotatable bonds is 6. The molecule has 0 aromatic rings. The Morgan fingerprint density at radius 3 is 2.21 bits per heavy atom. The van der Waals surface area contributed by atoms with Gasteiger partial charge in [0.15, 0.2) is 0 Å². The van der Waals surface area contributed by atoms with Gasteiger partial charge in [-0.15, -0.1) is 0 Å². The first-order chi connectivity index (χ1) is 6.47. The highest BCUT2D eigenvalue weighted by atomic mass is 16.5. The molecule has 0 aliphatic carbocycles. The van der Waals surface area contributed by atoms with Crippen LogP contribution >= 0.6 is 0 Å². The van der Waals surface area contributed by atoms with Crippen molar-refractivity contribution in [2.75, 3.05) is 6.61 Å². The first kappa shape index (κ1) is 12.6. The molecule has 14 heavy (non-hydrogen) atoms. The molecule has 0 heterocycles. The third-order valence-corrected chi connectivity index (χ3v) is 1.57. The van der Waals surface area contributed by atoms with Gasteiger partial charge < -0.3 is 14.6 Å². The van der Waals surface area contributed by atoms with Crippen molar-refractivity contribution in [3.8, 4) is 0 Å². The van der Waals surface area contributed by atoms with Gasteiger partial charge in [-0.2, -0.15) is 0 Å². The zero-order valence-electron chi connectivity index (χ0n) is 8.28. The topological polar surface area (TPSA) is 80.7 Å². The first-order valence-corrected chi connectivity index (χ1v) is 4.35. The van der Waals surface area contributed by atoms with Crippen molar-refractivity contribution in [2.45, 2.75) is 26.7 Å². The molecule has 5 heteroatoms. The fourth-order valence-corrected chi connectivity index (χ4v) is 1.06. The number of aliphatic carboxylic acids is 1. The lowest BCUT2D eigenvalue weighted by Crippen LogP contribution is -2.23. The molecular weight excluding hydrogens is 188 g/mol. The Balaban J connectivity index is 4.29. The van der Waals surface area contributed by atoms with Crippen LogP contribution in [-0.2, 0) is 19.1 Å². The van der Waals surface area contributed by atoms with Gasteiger partial charge in [-0.1, -0.05) is 0 Å². The van der Waals surface area contributed by atoms with Crippen LogP contribution in [-0.4, -0.2) is 29.4 Å². The van der Waals surface area contributed by atoms with E-state index < -0.39 is 17.9 Å². The molecular formula is C9H14O5. The first-order valence-electron chi connectivity index (χ1n) is 4.35. The van der Waals surface area contributed by atoms with Crippen LogP contribution in [0.15, 0.2) is 0 Å². The Labute approximate surface area is 82.1 Å². The van der Waals surface area contributed by atoms with Gasteiger partial charge in [-0.05, 0) is 13.8 Å². The molecule has 0 spiro atoms. The van der Waals surface area contributed by atoms with Crippen LogP contribution in [0.4, 0.5) is 0 Å². The number of Topliss-reactive ketones (excluding diaryl/α,β-unsaturated/α-hetero) is 1. The van der Waals surface area contributed by atoms with Crippen LogP contribution in [0.5, 0.6) is 0 Å². The molecule has 80 valence electrons. The van der Waals surface area contributed by atoms with E-state index in [0.717, 1.165) is 0 Å². The summed E-state index contributed by atoms with van der Waals surface area (Å²) in [5.74, 6) is -2.80. The van der Waals surface area contributed by atoms with Crippen LogP contribution in [0, 0.1) is 5.92 Å². The molecule has 0 amide bonds. The predicted octanol–water partition coefficient (Wildman–Crippen LogP) is 0.620. The van der Waals surface area contributed by atoms with Crippen molar-refractivity contribution in [1.29, 1.82) is 0 Å². The van der Waals surface area contributed by atoms with Gasteiger partial charge in [0.05, 0.1) is 18.9 Å². The zero-order valence-corrected chi connectivity index (χ0v) is 8.28. The largest absolute Gasteiger partial charge is 0.481 e. The summed E-state index contributed by atoms with van der Waals surface area (Å²) in [7, 11) is 0. The molecule has 0 fully saturated rings. The molecule has 0 aliphatic heterocycles. The molecule has 0 aromatic heterocycles. The summed E-state index contributed by atoms with van der Waals surface area (Å²) in [6.45, 7) is 3.13. The van der Waals surface area contributed by atoms with E-state index in [9.17, 15) is 14.4 Å². The van der Waals surface area contributed by atoms with Crippen LogP contribution in [0.3, 0.4) is 0 Å². The lowest BCUT2D eigenvalue weighted by Gasteiger charge is -2.11. The lowest BCUT2D eigenvalue weighted by atomic mass is 9.99. The summed E-state index contributed by atoms with van der Waals surface area (Å²) < 4.78 is 4.65. The molecule has 0 aliphatic rings. The third-order valence-electron chi connectivity index (χ3n) is 1.57. The van der Waals surface area contributed by atoms with Gasteiger partial charge in [-0.25, -0.2) is 0 Å². The summed E-state index contributed by atoms with van der Waals surface area (Å²) >= 11 is 0. The SMILES string of the molecule is CCOC(=O)[C@H](CC(C)=O)CC(=O)O. The molecule has 0 saturated heterocycles. The molecule has 5 nitrogen and oxygen atoms in total. The van der Waals surface area contributed by atoms with E-state index in [2.05, 4.69) is 4.74 Å². The number of hydrogen-bond acceptors (Lipinski definition) is 4. The normalized spacial score (nSPS) is 11.9. The third kappa shape index (κ3) is 5.29. The van der Waals surface area contributed by atoms with Gasteiger partial charge in [0.2, 0.25) is 0 Å². The van der Waals surface area contributed by atoms with Gasteiger partial charge >= 0.3 is 11.9 Å². The van der Waals surface area contributed by atoms with Crippen LogP contribution in [0.1, 0.15) is 26.7 Å². The molecule has 0 radical (unpaired) electrons. The fraction of sp³-hybridized carbons (Fsp3) is 0.667.